The van der Waals surface area contributed by atoms with E-state index in [0.29, 0.717) is 0 Å². The standard InChI is InChI=1S/C20H14N6O/c1-2-19(27-9-1)14-3-8-18-17(10-14)20(23-12-22-18)25-15-4-6-16(7-5-15)26-13-21-11-24-26/h1-13H,(H,22,23,25). The second-order valence-corrected chi connectivity index (χ2v) is 5.94. The maximum atomic E-state index is 5.50. The molecule has 0 saturated carbocycles. The first-order valence-electron chi connectivity index (χ1n) is 8.37. The summed E-state index contributed by atoms with van der Waals surface area (Å²) in [5.74, 6) is 1.55. The van der Waals surface area contributed by atoms with Crippen molar-refractivity contribution in [2.75, 3.05) is 5.32 Å². The molecule has 5 rings (SSSR count). The smallest absolute Gasteiger partial charge is 0.141 e. The van der Waals surface area contributed by atoms with Crippen molar-refractivity contribution < 1.29 is 4.42 Å². The van der Waals surface area contributed by atoms with Crippen LogP contribution < -0.4 is 5.32 Å². The van der Waals surface area contributed by atoms with Crippen molar-refractivity contribution in [2.24, 2.45) is 0 Å². The van der Waals surface area contributed by atoms with Crippen molar-refractivity contribution in [3.63, 3.8) is 0 Å². The van der Waals surface area contributed by atoms with Gasteiger partial charge in [0, 0.05) is 16.6 Å². The number of furan rings is 1. The van der Waals surface area contributed by atoms with Crippen LogP contribution in [0.3, 0.4) is 0 Å². The van der Waals surface area contributed by atoms with Gasteiger partial charge in [-0.25, -0.2) is 19.6 Å². The quantitative estimate of drug-likeness (QED) is 0.520. The highest BCUT2D eigenvalue weighted by atomic mass is 16.3. The molecule has 0 aliphatic carbocycles. The van der Waals surface area contributed by atoms with Gasteiger partial charge in [-0.1, -0.05) is 0 Å². The number of nitrogens with one attached hydrogen (secondary N) is 1. The molecular formula is C20H14N6O. The Morgan fingerprint density at radius 1 is 0.926 bits per heavy atom. The van der Waals surface area contributed by atoms with E-state index < -0.39 is 0 Å². The van der Waals surface area contributed by atoms with E-state index >= 15 is 0 Å². The number of hydrogen-bond donors (Lipinski definition) is 1. The van der Waals surface area contributed by atoms with E-state index in [1.165, 1.54) is 6.33 Å². The van der Waals surface area contributed by atoms with Crippen LogP contribution in [0.15, 0.2) is 84.3 Å². The monoisotopic (exact) mass is 354 g/mol. The van der Waals surface area contributed by atoms with E-state index in [1.807, 2.05) is 54.6 Å². The Hall–Kier alpha value is -4.00. The van der Waals surface area contributed by atoms with Crippen LogP contribution in [-0.4, -0.2) is 24.7 Å². The summed E-state index contributed by atoms with van der Waals surface area (Å²) in [4.78, 5) is 12.7. The highest BCUT2D eigenvalue weighted by Crippen LogP contribution is 2.28. The molecule has 2 aromatic carbocycles. The molecule has 0 aliphatic heterocycles. The van der Waals surface area contributed by atoms with Crippen LogP contribution in [0.25, 0.3) is 27.9 Å². The van der Waals surface area contributed by atoms with E-state index in [9.17, 15) is 0 Å². The van der Waals surface area contributed by atoms with E-state index in [2.05, 4.69) is 25.4 Å². The summed E-state index contributed by atoms with van der Waals surface area (Å²) in [6, 6.07) is 17.7. The second-order valence-electron chi connectivity index (χ2n) is 5.94. The van der Waals surface area contributed by atoms with E-state index in [0.717, 1.165) is 39.4 Å². The third kappa shape index (κ3) is 2.91. The summed E-state index contributed by atoms with van der Waals surface area (Å²) < 4.78 is 7.21. The average Bonchev–Trinajstić information content (AvgIpc) is 3.43. The van der Waals surface area contributed by atoms with Gasteiger partial charge in [-0.2, -0.15) is 5.10 Å². The lowest BCUT2D eigenvalue weighted by atomic mass is 10.1. The Morgan fingerprint density at radius 2 is 1.85 bits per heavy atom. The fraction of sp³-hybridized carbons (Fsp3) is 0. The Balaban J connectivity index is 1.50. The molecule has 0 saturated heterocycles. The fourth-order valence-corrected chi connectivity index (χ4v) is 2.93. The minimum atomic E-state index is 0.738. The Kier molecular flexibility index (Phi) is 3.61. The van der Waals surface area contributed by atoms with Crippen LogP contribution >= 0.6 is 0 Å². The van der Waals surface area contributed by atoms with Gasteiger partial charge in [0.25, 0.3) is 0 Å². The third-order valence-corrected chi connectivity index (χ3v) is 4.25. The molecule has 0 bridgehead atoms. The van der Waals surface area contributed by atoms with Crippen molar-refractivity contribution in [1.82, 2.24) is 24.7 Å². The largest absolute Gasteiger partial charge is 0.464 e. The van der Waals surface area contributed by atoms with Gasteiger partial charge in [0.15, 0.2) is 0 Å². The molecule has 0 unspecified atom stereocenters. The highest BCUT2D eigenvalue weighted by Gasteiger charge is 2.08. The molecule has 3 aromatic heterocycles. The van der Waals surface area contributed by atoms with Crippen LogP contribution in [-0.2, 0) is 0 Å². The molecule has 27 heavy (non-hydrogen) atoms. The Morgan fingerprint density at radius 3 is 2.63 bits per heavy atom. The van der Waals surface area contributed by atoms with Crippen molar-refractivity contribution in [3.05, 3.63) is 79.8 Å². The summed E-state index contributed by atoms with van der Waals surface area (Å²) in [5.41, 5.74) is 3.70. The zero-order valence-corrected chi connectivity index (χ0v) is 14.1. The van der Waals surface area contributed by atoms with Crippen LogP contribution in [0.1, 0.15) is 0 Å². The van der Waals surface area contributed by atoms with Crippen LogP contribution in [0, 0.1) is 0 Å². The first-order valence-corrected chi connectivity index (χ1v) is 8.37. The number of nitrogens with zero attached hydrogens (tertiary/aromatic N) is 5. The molecule has 0 aliphatic rings. The molecule has 7 nitrogen and oxygen atoms in total. The molecule has 0 amide bonds. The SMILES string of the molecule is c1coc(-c2ccc3ncnc(Nc4ccc(-n5cncn5)cc4)c3c2)c1. The van der Waals surface area contributed by atoms with E-state index in [1.54, 1.807) is 23.6 Å². The summed E-state index contributed by atoms with van der Waals surface area (Å²) in [6.45, 7) is 0. The number of anilines is 2. The van der Waals surface area contributed by atoms with Crippen LogP contribution in [0.2, 0.25) is 0 Å². The zero-order chi connectivity index (χ0) is 18.1. The fourth-order valence-electron chi connectivity index (χ4n) is 2.93. The Bertz CT molecular complexity index is 1180. The van der Waals surface area contributed by atoms with Crippen molar-refractivity contribution >= 4 is 22.4 Å². The van der Waals surface area contributed by atoms with Crippen molar-refractivity contribution in [1.29, 1.82) is 0 Å². The number of rotatable bonds is 4. The van der Waals surface area contributed by atoms with Gasteiger partial charge < -0.3 is 9.73 Å². The van der Waals surface area contributed by atoms with Gasteiger partial charge in [0.1, 0.15) is 30.6 Å². The molecule has 3 heterocycles. The van der Waals surface area contributed by atoms with E-state index in [4.69, 9.17) is 4.42 Å². The predicted molar refractivity (Wildman–Crippen MR) is 102 cm³/mol. The van der Waals surface area contributed by atoms with Gasteiger partial charge in [-0.05, 0) is 54.6 Å². The summed E-state index contributed by atoms with van der Waals surface area (Å²) in [6.07, 6.45) is 6.39. The molecule has 5 aromatic rings. The number of fused-ring (bicyclic) bond motifs is 1. The minimum Gasteiger partial charge on any atom is -0.464 e. The topological polar surface area (TPSA) is 81.7 Å². The maximum absolute atomic E-state index is 5.50. The molecule has 7 heteroatoms. The Labute approximate surface area is 154 Å². The molecular weight excluding hydrogens is 340 g/mol. The van der Waals surface area contributed by atoms with Gasteiger partial charge in [-0.3, -0.25) is 0 Å². The molecule has 0 atom stereocenters. The summed E-state index contributed by atoms with van der Waals surface area (Å²) in [5, 5.41) is 8.42. The van der Waals surface area contributed by atoms with Crippen LogP contribution in [0.5, 0.6) is 0 Å². The van der Waals surface area contributed by atoms with Gasteiger partial charge in [0.2, 0.25) is 0 Å². The third-order valence-electron chi connectivity index (χ3n) is 4.25. The number of hydrogen-bond acceptors (Lipinski definition) is 6. The predicted octanol–water partition coefficient (Wildman–Crippen LogP) is 4.21. The van der Waals surface area contributed by atoms with Crippen molar-refractivity contribution in [3.8, 4) is 17.0 Å². The lowest BCUT2D eigenvalue weighted by Gasteiger charge is -2.10. The lowest BCUT2D eigenvalue weighted by Crippen LogP contribution is -1.98. The van der Waals surface area contributed by atoms with E-state index in [-0.39, 0.29) is 0 Å². The molecule has 0 fully saturated rings. The maximum Gasteiger partial charge on any atom is 0.141 e. The summed E-state index contributed by atoms with van der Waals surface area (Å²) >= 11 is 0. The molecule has 1 N–H and O–H groups in total. The second kappa shape index (κ2) is 6.38. The van der Waals surface area contributed by atoms with Crippen LogP contribution in [0.4, 0.5) is 11.5 Å². The highest BCUT2D eigenvalue weighted by molar-refractivity contribution is 5.93. The molecule has 130 valence electrons. The minimum absolute atomic E-state index is 0.738. The number of aromatic nitrogens is 5. The summed E-state index contributed by atoms with van der Waals surface area (Å²) in [7, 11) is 0. The first-order chi connectivity index (χ1) is 13.4. The van der Waals surface area contributed by atoms with Gasteiger partial charge >= 0.3 is 0 Å². The van der Waals surface area contributed by atoms with Gasteiger partial charge in [0.05, 0.1) is 17.5 Å². The van der Waals surface area contributed by atoms with Crippen molar-refractivity contribution in [2.45, 2.75) is 0 Å². The first kappa shape index (κ1) is 15.3. The molecule has 0 spiro atoms. The number of benzene rings is 2. The van der Waals surface area contributed by atoms with Gasteiger partial charge in [-0.15, -0.1) is 0 Å². The zero-order valence-electron chi connectivity index (χ0n) is 14.1. The molecule has 0 radical (unpaired) electrons. The average molecular weight is 354 g/mol. The normalized spacial score (nSPS) is 11.0. The lowest BCUT2D eigenvalue weighted by molar-refractivity contribution is 0.582.